The molecule has 0 spiro atoms. The molecule has 1 unspecified atom stereocenters. The van der Waals surface area contributed by atoms with Gasteiger partial charge in [-0.2, -0.15) is 0 Å². The first-order valence-electron chi connectivity index (χ1n) is 9.23. The summed E-state index contributed by atoms with van der Waals surface area (Å²) in [6, 6.07) is 10.0. The van der Waals surface area contributed by atoms with E-state index in [2.05, 4.69) is 0 Å². The van der Waals surface area contributed by atoms with Crippen LogP contribution >= 0.6 is 22.9 Å². The number of alkyl halides is 1. The van der Waals surface area contributed by atoms with Crippen LogP contribution in [0.2, 0.25) is 0 Å². The largest absolute Gasteiger partial charge is 0.332 e. The third-order valence-corrected chi connectivity index (χ3v) is 5.18. The van der Waals surface area contributed by atoms with Crippen LogP contribution in [-0.2, 0) is 22.7 Å². The number of hydrogen-bond donors (Lipinski definition) is 0. The number of hydrogen-bond acceptors (Lipinski definition) is 3. The smallest absolute Gasteiger partial charge is 0.242 e. The second kappa shape index (κ2) is 10.6. The van der Waals surface area contributed by atoms with Crippen molar-refractivity contribution in [3.05, 3.63) is 58.0 Å². The van der Waals surface area contributed by atoms with E-state index in [0.717, 1.165) is 10.4 Å². The third kappa shape index (κ3) is 6.91. The summed E-state index contributed by atoms with van der Waals surface area (Å²) >= 11 is 7.55. The quantitative estimate of drug-likeness (QED) is 0.555. The van der Waals surface area contributed by atoms with Gasteiger partial charge in [-0.1, -0.05) is 32.0 Å². The van der Waals surface area contributed by atoms with Gasteiger partial charge in [0.15, 0.2) is 0 Å². The summed E-state index contributed by atoms with van der Waals surface area (Å²) in [4.78, 5) is 29.8. The summed E-state index contributed by atoms with van der Waals surface area (Å²) in [5.41, 5.74) is 0.832. The van der Waals surface area contributed by atoms with Crippen molar-refractivity contribution >= 4 is 34.8 Å². The molecule has 0 radical (unpaired) electrons. The van der Waals surface area contributed by atoms with Gasteiger partial charge in [0.05, 0.1) is 13.1 Å². The second-order valence-electron chi connectivity index (χ2n) is 7.18. The van der Waals surface area contributed by atoms with Crippen LogP contribution < -0.4 is 0 Å². The van der Waals surface area contributed by atoms with Crippen molar-refractivity contribution in [1.82, 2.24) is 9.80 Å². The van der Waals surface area contributed by atoms with Gasteiger partial charge in [0.1, 0.15) is 11.2 Å². The van der Waals surface area contributed by atoms with Crippen LogP contribution in [0, 0.1) is 11.7 Å². The molecule has 0 aliphatic heterocycles. The molecule has 0 aliphatic carbocycles. The van der Waals surface area contributed by atoms with Crippen molar-refractivity contribution in [2.45, 2.75) is 39.2 Å². The topological polar surface area (TPSA) is 40.6 Å². The molecule has 1 aromatic carbocycles. The van der Waals surface area contributed by atoms with E-state index in [1.165, 1.54) is 17.0 Å². The summed E-state index contributed by atoms with van der Waals surface area (Å²) in [7, 11) is 0. The number of carbonyl (C=O) groups is 2. The van der Waals surface area contributed by atoms with Crippen molar-refractivity contribution < 1.29 is 14.0 Å². The van der Waals surface area contributed by atoms with E-state index in [-0.39, 0.29) is 30.1 Å². The molecular formula is C21H26ClFN2O2S. The molecule has 0 aliphatic rings. The van der Waals surface area contributed by atoms with Crippen LogP contribution in [0.3, 0.4) is 0 Å². The number of rotatable bonds is 9. The monoisotopic (exact) mass is 424 g/mol. The molecule has 152 valence electrons. The number of amides is 2. The van der Waals surface area contributed by atoms with Gasteiger partial charge in [-0.3, -0.25) is 9.59 Å². The third-order valence-electron chi connectivity index (χ3n) is 4.13. The highest BCUT2D eigenvalue weighted by Gasteiger charge is 2.25. The maximum Gasteiger partial charge on any atom is 0.242 e. The highest BCUT2D eigenvalue weighted by molar-refractivity contribution is 7.09. The van der Waals surface area contributed by atoms with Gasteiger partial charge in [0.25, 0.3) is 0 Å². The number of halogens is 2. The summed E-state index contributed by atoms with van der Waals surface area (Å²) < 4.78 is 13.2. The molecule has 1 aromatic heterocycles. The molecule has 0 fully saturated rings. The van der Waals surface area contributed by atoms with Gasteiger partial charge in [-0.05, 0) is 42.0 Å². The predicted octanol–water partition coefficient (Wildman–Crippen LogP) is 4.53. The lowest BCUT2D eigenvalue weighted by Crippen LogP contribution is -2.45. The Hall–Kier alpha value is -1.92. The molecule has 2 amide bonds. The molecule has 4 nitrogen and oxygen atoms in total. The molecule has 0 saturated carbocycles. The first-order chi connectivity index (χ1) is 13.3. The molecule has 28 heavy (non-hydrogen) atoms. The first-order valence-corrected chi connectivity index (χ1v) is 10.5. The average molecular weight is 425 g/mol. The lowest BCUT2D eigenvalue weighted by atomic mass is 10.2. The molecule has 0 bridgehead atoms. The Kier molecular flexibility index (Phi) is 8.45. The Balaban J connectivity index is 2.18. The molecule has 1 heterocycles. The van der Waals surface area contributed by atoms with E-state index in [1.807, 2.05) is 31.4 Å². The Labute approximate surface area is 174 Å². The van der Waals surface area contributed by atoms with Crippen LogP contribution in [0.25, 0.3) is 0 Å². The van der Waals surface area contributed by atoms with Gasteiger partial charge in [0.2, 0.25) is 11.8 Å². The second-order valence-corrected chi connectivity index (χ2v) is 8.87. The maximum atomic E-state index is 13.2. The van der Waals surface area contributed by atoms with Gasteiger partial charge in [0, 0.05) is 18.0 Å². The Morgan fingerprint density at radius 3 is 2.29 bits per heavy atom. The van der Waals surface area contributed by atoms with E-state index in [1.54, 1.807) is 35.3 Å². The molecule has 7 heteroatoms. The fourth-order valence-corrected chi connectivity index (χ4v) is 3.68. The zero-order chi connectivity index (χ0) is 20.7. The number of benzene rings is 1. The molecule has 2 aromatic rings. The maximum absolute atomic E-state index is 13.2. The number of thiophene rings is 1. The van der Waals surface area contributed by atoms with E-state index in [0.29, 0.717) is 19.6 Å². The predicted molar refractivity (Wildman–Crippen MR) is 112 cm³/mol. The molecular weight excluding hydrogens is 399 g/mol. The zero-order valence-electron chi connectivity index (χ0n) is 16.4. The van der Waals surface area contributed by atoms with E-state index < -0.39 is 5.38 Å². The summed E-state index contributed by atoms with van der Waals surface area (Å²) in [6.45, 7) is 6.82. The summed E-state index contributed by atoms with van der Waals surface area (Å²) in [6.07, 6.45) is 0. The van der Waals surface area contributed by atoms with E-state index >= 15 is 0 Å². The van der Waals surface area contributed by atoms with Crippen LogP contribution in [-0.4, -0.2) is 40.1 Å². The van der Waals surface area contributed by atoms with Gasteiger partial charge in [-0.15, -0.1) is 22.9 Å². The summed E-state index contributed by atoms with van der Waals surface area (Å²) in [5.74, 6) is -0.509. The average Bonchev–Trinajstić information content (AvgIpc) is 3.14. The fourth-order valence-electron chi connectivity index (χ4n) is 2.82. The Morgan fingerprint density at radius 1 is 1.07 bits per heavy atom. The Morgan fingerprint density at radius 2 is 1.75 bits per heavy atom. The normalized spacial score (nSPS) is 12.1. The zero-order valence-corrected chi connectivity index (χ0v) is 18.0. The highest BCUT2D eigenvalue weighted by Crippen LogP contribution is 2.16. The molecule has 0 N–H and O–H groups in total. The van der Waals surface area contributed by atoms with Crippen LogP contribution in [0.5, 0.6) is 0 Å². The van der Waals surface area contributed by atoms with Crippen molar-refractivity contribution in [1.29, 1.82) is 0 Å². The van der Waals surface area contributed by atoms with Gasteiger partial charge >= 0.3 is 0 Å². The minimum absolute atomic E-state index is 0.0271. The SMILES string of the molecule is CC(C)CN(CC(=O)N(Cc1ccc(F)cc1)Cc1cccs1)C(=O)C(C)Cl. The number of carbonyl (C=O) groups excluding carboxylic acids is 2. The van der Waals surface area contributed by atoms with Crippen LogP contribution in [0.4, 0.5) is 4.39 Å². The van der Waals surface area contributed by atoms with E-state index in [9.17, 15) is 14.0 Å². The minimum atomic E-state index is -0.686. The van der Waals surface area contributed by atoms with E-state index in [4.69, 9.17) is 11.6 Å². The lowest BCUT2D eigenvalue weighted by molar-refractivity contribution is -0.141. The first kappa shape index (κ1) is 22.4. The van der Waals surface area contributed by atoms with Crippen LogP contribution in [0.15, 0.2) is 41.8 Å². The minimum Gasteiger partial charge on any atom is -0.332 e. The van der Waals surface area contributed by atoms with Crippen molar-refractivity contribution in [3.8, 4) is 0 Å². The fraction of sp³-hybridized carbons (Fsp3) is 0.429. The van der Waals surface area contributed by atoms with Crippen molar-refractivity contribution in [2.75, 3.05) is 13.1 Å². The van der Waals surface area contributed by atoms with Crippen LogP contribution in [0.1, 0.15) is 31.2 Å². The standard InChI is InChI=1S/C21H26ClFN2O2S/c1-15(2)11-25(21(27)16(3)22)14-20(26)24(13-19-5-4-10-28-19)12-17-6-8-18(23)9-7-17/h4-10,15-16H,11-14H2,1-3H3. The molecule has 1 atom stereocenters. The highest BCUT2D eigenvalue weighted by atomic mass is 35.5. The van der Waals surface area contributed by atoms with Gasteiger partial charge < -0.3 is 9.80 Å². The van der Waals surface area contributed by atoms with Crippen molar-refractivity contribution in [2.24, 2.45) is 5.92 Å². The number of nitrogens with zero attached hydrogens (tertiary/aromatic N) is 2. The lowest BCUT2D eigenvalue weighted by Gasteiger charge is -2.29. The van der Waals surface area contributed by atoms with Gasteiger partial charge in [-0.25, -0.2) is 4.39 Å². The summed E-state index contributed by atoms with van der Waals surface area (Å²) in [5, 5.41) is 1.27. The Bertz CT molecular complexity index is 763. The molecule has 2 rings (SSSR count). The molecule has 0 saturated heterocycles. The van der Waals surface area contributed by atoms with Crippen molar-refractivity contribution in [3.63, 3.8) is 0 Å².